The molecule has 25 heavy (non-hydrogen) atoms. The molecule has 0 bridgehead atoms. The van der Waals surface area contributed by atoms with Crippen molar-refractivity contribution < 1.29 is 23.5 Å². The zero-order chi connectivity index (χ0) is 18.4. The second-order valence-corrected chi connectivity index (χ2v) is 6.43. The molecule has 0 unspecified atom stereocenters. The lowest BCUT2D eigenvalue weighted by Gasteiger charge is -2.31. The minimum absolute atomic E-state index is 0.155. The molecule has 0 aromatic heterocycles. The summed E-state index contributed by atoms with van der Waals surface area (Å²) in [7, 11) is 1.40. The molecule has 0 spiro atoms. The normalized spacial score (nSPS) is 31.4. The molecule has 4 atom stereocenters. The highest BCUT2D eigenvalue weighted by atomic mass is 19.1. The van der Waals surface area contributed by atoms with Gasteiger partial charge in [-0.15, -0.1) is 0 Å². The van der Waals surface area contributed by atoms with Crippen LogP contribution in [0.15, 0.2) is 24.3 Å². The smallest absolute Gasteiger partial charge is 0.327 e. The third-order valence-electron chi connectivity index (χ3n) is 5.31. The van der Waals surface area contributed by atoms with Gasteiger partial charge in [0.15, 0.2) is 0 Å². The van der Waals surface area contributed by atoms with E-state index < -0.39 is 47.0 Å². The zero-order valence-corrected chi connectivity index (χ0v) is 14.4. The van der Waals surface area contributed by atoms with Crippen molar-refractivity contribution in [1.29, 1.82) is 0 Å². The molecule has 1 aromatic rings. The number of likely N-dealkylation sites (tertiary alicyclic amines) is 1. The van der Waals surface area contributed by atoms with Gasteiger partial charge in [-0.05, 0) is 19.4 Å². The van der Waals surface area contributed by atoms with Crippen molar-refractivity contribution in [3.8, 4) is 0 Å². The standard InChI is InChI=1S/C18H21FN2O4/c1-4-18(17(24)25-5-2)13-12(15(22)21(3)16(13)23)14(20-18)10-8-6-7-9-11(10)19/h6-9,12-14,20H,4-5H2,1-3H3/t12-,13+,14-,18-/m0/s1. The molecule has 2 heterocycles. The van der Waals surface area contributed by atoms with Crippen molar-refractivity contribution >= 4 is 17.8 Å². The van der Waals surface area contributed by atoms with Crippen LogP contribution in [0.25, 0.3) is 0 Å². The van der Waals surface area contributed by atoms with Crippen LogP contribution in [0.3, 0.4) is 0 Å². The molecule has 2 amide bonds. The van der Waals surface area contributed by atoms with E-state index in [1.807, 2.05) is 0 Å². The lowest BCUT2D eigenvalue weighted by atomic mass is 9.78. The van der Waals surface area contributed by atoms with E-state index in [0.29, 0.717) is 0 Å². The average molecular weight is 348 g/mol. The summed E-state index contributed by atoms with van der Waals surface area (Å²) in [5.41, 5.74) is -1.07. The van der Waals surface area contributed by atoms with E-state index in [2.05, 4.69) is 5.32 Å². The molecule has 2 fully saturated rings. The zero-order valence-electron chi connectivity index (χ0n) is 14.4. The van der Waals surface area contributed by atoms with E-state index in [0.717, 1.165) is 4.90 Å². The lowest BCUT2D eigenvalue weighted by molar-refractivity contribution is -0.156. The van der Waals surface area contributed by atoms with Gasteiger partial charge < -0.3 is 4.74 Å². The van der Waals surface area contributed by atoms with Crippen LogP contribution >= 0.6 is 0 Å². The Morgan fingerprint density at radius 3 is 2.56 bits per heavy atom. The van der Waals surface area contributed by atoms with Gasteiger partial charge in [-0.2, -0.15) is 0 Å². The lowest BCUT2D eigenvalue weighted by Crippen LogP contribution is -2.55. The minimum atomic E-state index is -1.34. The summed E-state index contributed by atoms with van der Waals surface area (Å²) < 4.78 is 19.5. The molecule has 0 radical (unpaired) electrons. The summed E-state index contributed by atoms with van der Waals surface area (Å²) in [6.07, 6.45) is 0.255. The van der Waals surface area contributed by atoms with Crippen LogP contribution in [-0.2, 0) is 19.1 Å². The number of carbonyl (C=O) groups is 3. The van der Waals surface area contributed by atoms with Crippen molar-refractivity contribution in [1.82, 2.24) is 10.2 Å². The number of carbonyl (C=O) groups excluding carboxylic acids is 3. The fraction of sp³-hybridized carbons (Fsp3) is 0.500. The molecule has 2 aliphatic heterocycles. The van der Waals surface area contributed by atoms with Crippen LogP contribution in [0.4, 0.5) is 4.39 Å². The molecular weight excluding hydrogens is 327 g/mol. The number of nitrogens with one attached hydrogen (secondary N) is 1. The van der Waals surface area contributed by atoms with E-state index in [-0.39, 0.29) is 18.6 Å². The maximum absolute atomic E-state index is 14.4. The van der Waals surface area contributed by atoms with Gasteiger partial charge in [0.25, 0.3) is 0 Å². The average Bonchev–Trinajstić information content (AvgIpc) is 3.06. The molecule has 0 aliphatic carbocycles. The summed E-state index contributed by atoms with van der Waals surface area (Å²) in [5.74, 6) is -3.64. The Kier molecular flexibility index (Phi) is 4.36. The molecule has 3 rings (SSSR count). The number of nitrogens with zero attached hydrogens (tertiary/aromatic N) is 1. The van der Waals surface area contributed by atoms with Gasteiger partial charge in [0.05, 0.1) is 18.4 Å². The Balaban J connectivity index is 2.14. The molecule has 1 N–H and O–H groups in total. The molecule has 134 valence electrons. The predicted molar refractivity (Wildman–Crippen MR) is 86.7 cm³/mol. The third-order valence-corrected chi connectivity index (χ3v) is 5.31. The first-order chi connectivity index (χ1) is 11.9. The van der Waals surface area contributed by atoms with Crippen LogP contribution in [0.1, 0.15) is 31.9 Å². The van der Waals surface area contributed by atoms with Crippen LogP contribution in [0, 0.1) is 17.7 Å². The fourth-order valence-electron chi connectivity index (χ4n) is 4.06. The van der Waals surface area contributed by atoms with Gasteiger partial charge >= 0.3 is 5.97 Å². The first-order valence-corrected chi connectivity index (χ1v) is 8.39. The molecule has 2 saturated heterocycles. The van der Waals surface area contributed by atoms with Gasteiger partial charge in [0.1, 0.15) is 11.4 Å². The van der Waals surface area contributed by atoms with Crippen LogP contribution in [0.5, 0.6) is 0 Å². The summed E-state index contributed by atoms with van der Waals surface area (Å²) in [6, 6.07) is 5.31. The van der Waals surface area contributed by atoms with Crippen molar-refractivity contribution in [2.24, 2.45) is 11.8 Å². The van der Waals surface area contributed by atoms with Gasteiger partial charge in [-0.1, -0.05) is 25.1 Å². The van der Waals surface area contributed by atoms with Gasteiger partial charge in [-0.3, -0.25) is 24.6 Å². The van der Waals surface area contributed by atoms with Crippen LogP contribution in [-0.4, -0.2) is 41.9 Å². The Morgan fingerprint density at radius 2 is 1.96 bits per heavy atom. The topological polar surface area (TPSA) is 75.7 Å². The summed E-state index contributed by atoms with van der Waals surface area (Å²) >= 11 is 0. The molecule has 1 aromatic carbocycles. The van der Waals surface area contributed by atoms with Gasteiger partial charge in [-0.25, -0.2) is 4.39 Å². The summed E-state index contributed by atoms with van der Waals surface area (Å²) in [4.78, 5) is 39.1. The number of fused-ring (bicyclic) bond motifs is 1. The van der Waals surface area contributed by atoms with E-state index in [1.165, 1.54) is 13.1 Å². The fourth-order valence-corrected chi connectivity index (χ4v) is 4.06. The van der Waals surface area contributed by atoms with Crippen LogP contribution < -0.4 is 5.32 Å². The molecule has 6 nitrogen and oxygen atoms in total. The highest BCUT2D eigenvalue weighted by Gasteiger charge is 2.67. The number of amides is 2. The maximum Gasteiger partial charge on any atom is 0.327 e. The molecular formula is C18H21FN2O4. The highest BCUT2D eigenvalue weighted by Crippen LogP contribution is 2.50. The molecule has 0 saturated carbocycles. The number of hydrogen-bond donors (Lipinski definition) is 1. The summed E-state index contributed by atoms with van der Waals surface area (Å²) in [6.45, 7) is 3.58. The van der Waals surface area contributed by atoms with Crippen molar-refractivity contribution in [3.05, 3.63) is 35.6 Å². The van der Waals surface area contributed by atoms with Gasteiger partial charge in [0, 0.05) is 18.7 Å². The monoisotopic (exact) mass is 348 g/mol. The number of ether oxygens (including phenoxy) is 1. The van der Waals surface area contributed by atoms with E-state index in [9.17, 15) is 18.8 Å². The van der Waals surface area contributed by atoms with E-state index in [1.54, 1.807) is 32.0 Å². The Hall–Kier alpha value is -2.28. The van der Waals surface area contributed by atoms with Crippen molar-refractivity contribution in [2.75, 3.05) is 13.7 Å². The van der Waals surface area contributed by atoms with E-state index in [4.69, 9.17) is 4.74 Å². The number of halogens is 1. The SMILES string of the molecule is CCOC(=O)[C@@]1(CC)N[C@@H](c2ccccc2F)[C@H]2C(=O)N(C)C(=O)[C@@H]21. The Bertz CT molecular complexity index is 738. The highest BCUT2D eigenvalue weighted by molar-refractivity contribution is 6.09. The number of rotatable bonds is 4. The maximum atomic E-state index is 14.4. The third kappa shape index (κ3) is 2.37. The van der Waals surface area contributed by atoms with Gasteiger partial charge in [0.2, 0.25) is 11.8 Å². The van der Waals surface area contributed by atoms with Crippen molar-refractivity contribution in [2.45, 2.75) is 31.8 Å². The Labute approximate surface area is 145 Å². The molecule has 2 aliphatic rings. The van der Waals surface area contributed by atoms with Crippen molar-refractivity contribution in [3.63, 3.8) is 0 Å². The first kappa shape index (κ1) is 17.5. The Morgan fingerprint density at radius 1 is 1.28 bits per heavy atom. The quantitative estimate of drug-likeness (QED) is 0.658. The second-order valence-electron chi connectivity index (χ2n) is 6.43. The predicted octanol–water partition coefficient (Wildman–Crippen LogP) is 1.41. The van der Waals surface area contributed by atoms with E-state index >= 15 is 0 Å². The molecule has 7 heteroatoms. The number of hydrogen-bond acceptors (Lipinski definition) is 5. The number of benzene rings is 1. The number of esters is 1. The summed E-state index contributed by atoms with van der Waals surface area (Å²) in [5, 5.41) is 3.10. The second kappa shape index (κ2) is 6.22. The minimum Gasteiger partial charge on any atom is -0.465 e. The number of imide groups is 1. The van der Waals surface area contributed by atoms with Crippen LogP contribution in [0.2, 0.25) is 0 Å². The largest absolute Gasteiger partial charge is 0.465 e. The first-order valence-electron chi connectivity index (χ1n) is 8.39.